The van der Waals surface area contributed by atoms with E-state index in [1.54, 1.807) is 0 Å². The first-order chi connectivity index (χ1) is 21.0. The lowest BCUT2D eigenvalue weighted by atomic mass is 10.2. The largest absolute Gasteiger partial charge is 0.382 e. The van der Waals surface area contributed by atoms with Gasteiger partial charge in [-0.15, -0.1) is 0 Å². The Hall–Kier alpha value is -2.42. The van der Waals surface area contributed by atoms with Gasteiger partial charge in [0.25, 0.3) is 11.8 Å². The third-order valence-corrected chi connectivity index (χ3v) is 6.03. The standard InChI is InChI=1S/C30H55N5O8/c1-4-7-13-38-17-21-42-23-19-40-15-9-11-32-29(36)26-25(6-3)34-27(28(31)35-26)30(37)33-12-10-16-41-20-24-43-22-18-39-14-8-5-2/h4-24H2,1-3H3,(H2,31,35)(H,32,36)(H,33,37). The zero-order chi connectivity index (χ0) is 31.4. The van der Waals surface area contributed by atoms with Crippen LogP contribution in [0, 0.1) is 0 Å². The molecule has 0 saturated heterocycles. The lowest BCUT2D eigenvalue weighted by Gasteiger charge is -2.12. The minimum Gasteiger partial charge on any atom is -0.382 e. The van der Waals surface area contributed by atoms with Crippen molar-refractivity contribution in [3.63, 3.8) is 0 Å². The Morgan fingerprint density at radius 1 is 0.558 bits per heavy atom. The Morgan fingerprint density at radius 2 is 0.930 bits per heavy atom. The first-order valence-electron chi connectivity index (χ1n) is 15.7. The Labute approximate surface area is 257 Å². The Balaban J connectivity index is 2.22. The van der Waals surface area contributed by atoms with Crippen molar-refractivity contribution in [3.05, 3.63) is 17.1 Å². The summed E-state index contributed by atoms with van der Waals surface area (Å²) in [6.07, 6.45) is 6.02. The van der Waals surface area contributed by atoms with Crippen LogP contribution in [0.5, 0.6) is 0 Å². The van der Waals surface area contributed by atoms with Crippen molar-refractivity contribution in [1.29, 1.82) is 0 Å². The van der Waals surface area contributed by atoms with E-state index in [0.29, 0.717) is 104 Å². The molecule has 0 saturated carbocycles. The summed E-state index contributed by atoms with van der Waals surface area (Å²) in [7, 11) is 0. The van der Waals surface area contributed by atoms with Gasteiger partial charge < -0.3 is 44.8 Å². The fourth-order valence-electron chi connectivity index (χ4n) is 3.57. The number of hydrogen-bond acceptors (Lipinski definition) is 11. The zero-order valence-corrected chi connectivity index (χ0v) is 26.6. The number of nitrogens with one attached hydrogen (secondary N) is 2. The predicted octanol–water partition coefficient (Wildman–Crippen LogP) is 2.56. The molecule has 0 fully saturated rings. The highest BCUT2D eigenvalue weighted by atomic mass is 16.5. The molecule has 0 spiro atoms. The number of aryl methyl sites for hydroxylation is 1. The van der Waals surface area contributed by atoms with Gasteiger partial charge in [0.15, 0.2) is 17.2 Å². The van der Waals surface area contributed by atoms with Gasteiger partial charge in [0, 0.05) is 39.5 Å². The molecule has 43 heavy (non-hydrogen) atoms. The topological polar surface area (TPSA) is 165 Å². The van der Waals surface area contributed by atoms with Crippen molar-refractivity contribution in [1.82, 2.24) is 20.6 Å². The number of aromatic nitrogens is 2. The van der Waals surface area contributed by atoms with E-state index in [-0.39, 0.29) is 23.1 Å². The summed E-state index contributed by atoms with van der Waals surface area (Å²) in [5, 5.41) is 5.59. The van der Waals surface area contributed by atoms with Crippen LogP contribution in [0.3, 0.4) is 0 Å². The molecule has 2 amide bonds. The van der Waals surface area contributed by atoms with Gasteiger partial charge in [-0.3, -0.25) is 9.59 Å². The second-order valence-corrected chi connectivity index (χ2v) is 9.71. The Bertz CT molecular complexity index is 862. The number of nitrogens with two attached hydrogens (primary N) is 1. The maximum absolute atomic E-state index is 12.7. The second kappa shape index (κ2) is 27.2. The van der Waals surface area contributed by atoms with Gasteiger partial charge in [0.2, 0.25) is 0 Å². The molecule has 0 atom stereocenters. The molecular formula is C30H55N5O8. The van der Waals surface area contributed by atoms with E-state index in [0.717, 1.165) is 38.9 Å². The van der Waals surface area contributed by atoms with Crippen LogP contribution < -0.4 is 16.4 Å². The molecule has 4 N–H and O–H groups in total. The highest BCUT2D eigenvalue weighted by Gasteiger charge is 2.20. The summed E-state index contributed by atoms with van der Waals surface area (Å²) in [6.45, 7) is 13.6. The average molecular weight is 614 g/mol. The van der Waals surface area contributed by atoms with E-state index in [4.69, 9.17) is 34.2 Å². The number of anilines is 1. The van der Waals surface area contributed by atoms with Gasteiger partial charge in [0.1, 0.15) is 0 Å². The number of carbonyl (C=O) groups excluding carboxylic acids is 2. The minimum absolute atomic E-state index is 0.00650. The van der Waals surface area contributed by atoms with Gasteiger partial charge in [-0.25, -0.2) is 9.97 Å². The van der Waals surface area contributed by atoms with Crippen LogP contribution in [0.2, 0.25) is 0 Å². The van der Waals surface area contributed by atoms with Crippen molar-refractivity contribution < 1.29 is 38.0 Å². The average Bonchev–Trinajstić information content (AvgIpc) is 3.01. The van der Waals surface area contributed by atoms with Crippen LogP contribution in [0.15, 0.2) is 0 Å². The summed E-state index contributed by atoms with van der Waals surface area (Å²) in [4.78, 5) is 33.9. The van der Waals surface area contributed by atoms with Crippen molar-refractivity contribution in [2.24, 2.45) is 0 Å². The van der Waals surface area contributed by atoms with E-state index in [2.05, 4.69) is 34.4 Å². The van der Waals surface area contributed by atoms with E-state index < -0.39 is 5.91 Å². The van der Waals surface area contributed by atoms with Gasteiger partial charge in [0.05, 0.1) is 58.5 Å². The van der Waals surface area contributed by atoms with Gasteiger partial charge >= 0.3 is 0 Å². The number of nitrogens with zero attached hydrogens (tertiary/aromatic N) is 2. The van der Waals surface area contributed by atoms with E-state index in [9.17, 15) is 9.59 Å². The van der Waals surface area contributed by atoms with Crippen LogP contribution in [0.25, 0.3) is 0 Å². The maximum atomic E-state index is 12.7. The molecule has 0 radical (unpaired) electrons. The van der Waals surface area contributed by atoms with Crippen LogP contribution in [-0.2, 0) is 34.8 Å². The van der Waals surface area contributed by atoms with Crippen molar-refractivity contribution in [2.45, 2.75) is 65.7 Å². The van der Waals surface area contributed by atoms with Crippen molar-refractivity contribution in [2.75, 3.05) is 98.1 Å². The third kappa shape index (κ3) is 19.5. The molecule has 0 aliphatic heterocycles. The number of ether oxygens (including phenoxy) is 6. The number of carbonyl (C=O) groups is 2. The number of amides is 2. The number of nitrogen functional groups attached to an aromatic ring is 1. The van der Waals surface area contributed by atoms with E-state index in [1.165, 1.54) is 0 Å². The molecule has 1 aromatic rings. The highest BCUT2D eigenvalue weighted by Crippen LogP contribution is 2.12. The van der Waals surface area contributed by atoms with E-state index in [1.807, 2.05) is 6.92 Å². The summed E-state index contributed by atoms with van der Waals surface area (Å²) >= 11 is 0. The molecule has 0 bridgehead atoms. The minimum atomic E-state index is -0.441. The highest BCUT2D eigenvalue weighted by molar-refractivity contribution is 5.98. The molecule has 248 valence electrons. The van der Waals surface area contributed by atoms with Gasteiger partial charge in [-0.05, 0) is 32.1 Å². The monoisotopic (exact) mass is 613 g/mol. The van der Waals surface area contributed by atoms with Crippen molar-refractivity contribution in [3.8, 4) is 0 Å². The molecule has 0 aliphatic carbocycles. The second-order valence-electron chi connectivity index (χ2n) is 9.71. The lowest BCUT2D eigenvalue weighted by molar-refractivity contribution is 0.0137. The Kier molecular flexibility index (Phi) is 24.4. The van der Waals surface area contributed by atoms with Crippen LogP contribution in [0.4, 0.5) is 5.82 Å². The van der Waals surface area contributed by atoms with E-state index >= 15 is 0 Å². The SMILES string of the molecule is CCCCOCCOCCOCCCNC(=O)c1nc(CC)c(C(=O)NCCCOCCOCCOCCCC)nc1N. The fraction of sp³-hybridized carbons (Fsp3) is 0.800. The number of unbranched alkanes of at least 4 members (excludes halogenated alkanes) is 2. The lowest BCUT2D eigenvalue weighted by Crippen LogP contribution is -2.31. The molecule has 1 aromatic heterocycles. The molecule has 13 nitrogen and oxygen atoms in total. The summed E-state index contributed by atoms with van der Waals surface area (Å²) in [6, 6.07) is 0. The smallest absolute Gasteiger partial charge is 0.273 e. The third-order valence-electron chi connectivity index (χ3n) is 6.03. The summed E-state index contributed by atoms with van der Waals surface area (Å²) in [5.74, 6) is -0.922. The van der Waals surface area contributed by atoms with Crippen LogP contribution >= 0.6 is 0 Å². The first kappa shape index (κ1) is 38.6. The molecule has 0 unspecified atom stereocenters. The van der Waals surface area contributed by atoms with Crippen LogP contribution in [0.1, 0.15) is 86.0 Å². The normalized spacial score (nSPS) is 11.1. The maximum Gasteiger partial charge on any atom is 0.273 e. The van der Waals surface area contributed by atoms with Gasteiger partial charge in [-0.2, -0.15) is 0 Å². The quantitative estimate of drug-likeness (QED) is 0.114. The number of rotatable bonds is 29. The first-order valence-corrected chi connectivity index (χ1v) is 15.7. The molecule has 0 aromatic carbocycles. The van der Waals surface area contributed by atoms with Crippen LogP contribution in [-0.4, -0.2) is 114 Å². The molecule has 1 rings (SSSR count). The van der Waals surface area contributed by atoms with Crippen molar-refractivity contribution >= 4 is 17.6 Å². The molecule has 0 aliphatic rings. The number of hydrogen-bond donors (Lipinski definition) is 3. The zero-order valence-electron chi connectivity index (χ0n) is 26.6. The summed E-state index contributed by atoms with van der Waals surface area (Å²) in [5.41, 5.74) is 6.53. The fourth-order valence-corrected chi connectivity index (χ4v) is 3.57. The molecule has 1 heterocycles. The molecule has 13 heteroatoms. The molecular weight excluding hydrogens is 558 g/mol. The summed E-state index contributed by atoms with van der Waals surface area (Å²) < 4.78 is 32.8. The Morgan fingerprint density at radius 3 is 1.33 bits per heavy atom. The van der Waals surface area contributed by atoms with Gasteiger partial charge in [-0.1, -0.05) is 33.6 Å². The predicted molar refractivity (Wildman–Crippen MR) is 164 cm³/mol.